The summed E-state index contributed by atoms with van der Waals surface area (Å²) in [5.74, 6) is 0. The first-order valence-corrected chi connectivity index (χ1v) is 6.19. The predicted octanol–water partition coefficient (Wildman–Crippen LogP) is 2.90. The molecule has 2 rings (SSSR count). The Kier molecular flexibility index (Phi) is 2.51. The van der Waals surface area contributed by atoms with E-state index in [1.165, 1.54) is 15.8 Å². The average molecular weight is 304 g/mol. The molecule has 0 fully saturated rings. The van der Waals surface area contributed by atoms with Crippen LogP contribution in [0.25, 0.3) is 10.9 Å². The molecule has 0 saturated carbocycles. The minimum absolute atomic E-state index is 1.07. The van der Waals surface area contributed by atoms with Gasteiger partial charge >= 0.3 is 0 Å². The van der Waals surface area contributed by atoms with Gasteiger partial charge in [-0.3, -0.25) is 4.68 Å². The van der Waals surface area contributed by atoms with E-state index in [1.807, 2.05) is 11.7 Å². The monoisotopic (exact) mass is 304 g/mol. The van der Waals surface area contributed by atoms with Gasteiger partial charge in [-0.2, -0.15) is 5.10 Å². The fourth-order valence-electron chi connectivity index (χ4n) is 1.32. The lowest BCUT2D eigenvalue weighted by Gasteiger charge is -1.97. The van der Waals surface area contributed by atoms with E-state index >= 15 is 0 Å². The standard InChI is InChI=1S/C9H9IN2S/c1-12-8-5-6(13-2)3-4-7(8)9(10)11-12/h3-5H,1-2H3. The first-order chi connectivity index (χ1) is 6.22. The lowest BCUT2D eigenvalue weighted by molar-refractivity contribution is 0.787. The molecule has 0 amide bonds. The van der Waals surface area contributed by atoms with E-state index in [9.17, 15) is 0 Å². The van der Waals surface area contributed by atoms with Gasteiger partial charge in [-0.25, -0.2) is 0 Å². The summed E-state index contributed by atoms with van der Waals surface area (Å²) >= 11 is 4.02. The van der Waals surface area contributed by atoms with Gasteiger partial charge < -0.3 is 0 Å². The van der Waals surface area contributed by atoms with Crippen LogP contribution in [0.2, 0.25) is 0 Å². The van der Waals surface area contributed by atoms with E-state index in [0.717, 1.165) is 3.70 Å². The molecule has 0 unspecified atom stereocenters. The molecule has 2 aromatic rings. The Balaban J connectivity index is 2.76. The van der Waals surface area contributed by atoms with Crippen LogP contribution in [0.4, 0.5) is 0 Å². The number of hydrogen-bond acceptors (Lipinski definition) is 2. The van der Waals surface area contributed by atoms with Crippen molar-refractivity contribution in [1.82, 2.24) is 9.78 Å². The van der Waals surface area contributed by atoms with E-state index in [0.29, 0.717) is 0 Å². The minimum Gasteiger partial charge on any atom is -0.267 e. The van der Waals surface area contributed by atoms with Crippen LogP contribution in [0, 0.1) is 3.70 Å². The number of nitrogens with zero attached hydrogens (tertiary/aromatic N) is 2. The molecule has 13 heavy (non-hydrogen) atoms. The first kappa shape index (κ1) is 9.33. The second kappa shape index (κ2) is 3.49. The van der Waals surface area contributed by atoms with Crippen LogP contribution in [-0.4, -0.2) is 16.0 Å². The van der Waals surface area contributed by atoms with Crippen LogP contribution in [0.1, 0.15) is 0 Å². The molecule has 1 heterocycles. The summed E-state index contributed by atoms with van der Waals surface area (Å²) in [4.78, 5) is 1.28. The summed E-state index contributed by atoms with van der Waals surface area (Å²) in [5, 5.41) is 5.60. The number of hydrogen-bond donors (Lipinski definition) is 0. The highest BCUT2D eigenvalue weighted by Crippen LogP contribution is 2.24. The smallest absolute Gasteiger partial charge is 0.131 e. The molecule has 0 radical (unpaired) electrons. The lowest BCUT2D eigenvalue weighted by Crippen LogP contribution is -1.89. The van der Waals surface area contributed by atoms with E-state index in [2.05, 4.69) is 52.1 Å². The van der Waals surface area contributed by atoms with Crippen LogP contribution in [0.5, 0.6) is 0 Å². The molecular weight excluding hydrogens is 295 g/mol. The molecule has 0 atom stereocenters. The highest BCUT2D eigenvalue weighted by Gasteiger charge is 2.05. The minimum atomic E-state index is 1.07. The summed E-state index contributed by atoms with van der Waals surface area (Å²) in [7, 11) is 1.98. The summed E-state index contributed by atoms with van der Waals surface area (Å²) in [6, 6.07) is 6.45. The van der Waals surface area contributed by atoms with E-state index in [1.54, 1.807) is 11.8 Å². The molecule has 1 aromatic carbocycles. The van der Waals surface area contributed by atoms with Gasteiger partial charge in [0.15, 0.2) is 0 Å². The third kappa shape index (κ3) is 1.57. The maximum atomic E-state index is 4.36. The van der Waals surface area contributed by atoms with E-state index < -0.39 is 0 Å². The normalized spacial score (nSPS) is 11.0. The van der Waals surface area contributed by atoms with Crippen molar-refractivity contribution in [3.8, 4) is 0 Å². The molecule has 0 aliphatic carbocycles. The van der Waals surface area contributed by atoms with Gasteiger partial charge in [-0.15, -0.1) is 11.8 Å². The van der Waals surface area contributed by atoms with Gasteiger partial charge in [0.1, 0.15) is 3.70 Å². The Morgan fingerprint density at radius 1 is 1.46 bits per heavy atom. The van der Waals surface area contributed by atoms with Crippen LogP contribution in [-0.2, 0) is 7.05 Å². The fraction of sp³-hybridized carbons (Fsp3) is 0.222. The largest absolute Gasteiger partial charge is 0.267 e. The van der Waals surface area contributed by atoms with Crippen molar-refractivity contribution < 1.29 is 0 Å². The quantitative estimate of drug-likeness (QED) is 0.595. The van der Waals surface area contributed by atoms with Gasteiger partial charge in [-0.05, 0) is 47.0 Å². The van der Waals surface area contributed by atoms with Crippen LogP contribution in [0.3, 0.4) is 0 Å². The molecule has 4 heteroatoms. The molecule has 0 N–H and O–H groups in total. The topological polar surface area (TPSA) is 17.8 Å². The van der Waals surface area contributed by atoms with Crippen molar-refractivity contribution in [2.75, 3.05) is 6.26 Å². The zero-order valence-corrected chi connectivity index (χ0v) is 10.4. The average Bonchev–Trinajstić information content (AvgIpc) is 2.42. The van der Waals surface area contributed by atoms with Gasteiger partial charge in [0.2, 0.25) is 0 Å². The molecule has 68 valence electrons. The highest BCUT2D eigenvalue weighted by atomic mass is 127. The molecule has 0 saturated heterocycles. The lowest BCUT2D eigenvalue weighted by atomic mass is 10.2. The predicted molar refractivity (Wildman–Crippen MR) is 65.2 cm³/mol. The number of thioether (sulfide) groups is 1. The summed E-state index contributed by atoms with van der Waals surface area (Å²) < 4.78 is 3.00. The maximum absolute atomic E-state index is 4.36. The highest BCUT2D eigenvalue weighted by molar-refractivity contribution is 14.1. The Hall–Kier alpha value is -0.230. The number of aromatic nitrogens is 2. The van der Waals surface area contributed by atoms with Crippen LogP contribution >= 0.6 is 34.4 Å². The van der Waals surface area contributed by atoms with Crippen molar-refractivity contribution in [3.63, 3.8) is 0 Å². The number of halogens is 1. The van der Waals surface area contributed by atoms with Gasteiger partial charge in [0.25, 0.3) is 0 Å². The second-order valence-electron chi connectivity index (χ2n) is 2.80. The molecule has 2 nitrogen and oxygen atoms in total. The Morgan fingerprint density at radius 3 is 2.92 bits per heavy atom. The first-order valence-electron chi connectivity index (χ1n) is 3.88. The number of aryl methyl sites for hydroxylation is 1. The Labute approximate surface area is 94.8 Å². The Morgan fingerprint density at radius 2 is 2.23 bits per heavy atom. The van der Waals surface area contributed by atoms with Crippen molar-refractivity contribution in [2.45, 2.75) is 4.90 Å². The fourth-order valence-corrected chi connectivity index (χ4v) is 2.53. The summed E-state index contributed by atoms with van der Waals surface area (Å²) in [5.41, 5.74) is 1.20. The third-order valence-electron chi connectivity index (χ3n) is 2.01. The number of benzene rings is 1. The van der Waals surface area contributed by atoms with Gasteiger partial charge in [0.05, 0.1) is 5.52 Å². The Bertz CT molecular complexity index is 450. The third-order valence-corrected chi connectivity index (χ3v) is 3.54. The van der Waals surface area contributed by atoms with Crippen molar-refractivity contribution >= 4 is 45.3 Å². The van der Waals surface area contributed by atoms with Crippen molar-refractivity contribution in [1.29, 1.82) is 0 Å². The zero-order chi connectivity index (χ0) is 9.42. The summed E-state index contributed by atoms with van der Waals surface area (Å²) in [6.07, 6.45) is 2.09. The van der Waals surface area contributed by atoms with Crippen LogP contribution < -0.4 is 0 Å². The molecule has 0 aliphatic rings. The van der Waals surface area contributed by atoms with Crippen molar-refractivity contribution in [2.24, 2.45) is 7.05 Å². The molecule has 1 aromatic heterocycles. The SMILES string of the molecule is CSc1ccc2c(I)nn(C)c2c1. The number of fused-ring (bicyclic) bond motifs is 1. The second-order valence-corrected chi connectivity index (χ2v) is 4.70. The van der Waals surface area contributed by atoms with E-state index in [-0.39, 0.29) is 0 Å². The molecule has 0 spiro atoms. The van der Waals surface area contributed by atoms with E-state index in [4.69, 9.17) is 0 Å². The molecule has 0 aliphatic heterocycles. The van der Waals surface area contributed by atoms with Crippen molar-refractivity contribution in [3.05, 3.63) is 21.9 Å². The van der Waals surface area contributed by atoms with Gasteiger partial charge in [-0.1, -0.05) is 0 Å². The summed E-state index contributed by atoms with van der Waals surface area (Å²) in [6.45, 7) is 0. The molecule has 0 bridgehead atoms. The van der Waals surface area contributed by atoms with Gasteiger partial charge in [0, 0.05) is 17.3 Å². The molecular formula is C9H9IN2S. The van der Waals surface area contributed by atoms with Crippen LogP contribution in [0.15, 0.2) is 23.1 Å². The maximum Gasteiger partial charge on any atom is 0.131 e. The number of rotatable bonds is 1. The zero-order valence-electron chi connectivity index (χ0n) is 7.41.